The van der Waals surface area contributed by atoms with Gasteiger partial charge in [-0.3, -0.25) is 10.1 Å². The summed E-state index contributed by atoms with van der Waals surface area (Å²) in [6, 6.07) is 7.91. The number of para-hydroxylation sites is 1. The Hall–Kier alpha value is -2.90. The van der Waals surface area contributed by atoms with Gasteiger partial charge in [0.1, 0.15) is 6.54 Å². The summed E-state index contributed by atoms with van der Waals surface area (Å²) in [6.07, 6.45) is 2.70. The average molecular weight is 329 g/mol. The Labute approximate surface area is 139 Å². The number of carbonyl (C=O) groups excluding carboxylic acids is 2. The van der Waals surface area contributed by atoms with Gasteiger partial charge in [-0.25, -0.2) is 4.79 Å². The first-order valence-electron chi connectivity index (χ1n) is 7.89. The molecule has 2 aromatic rings. The second-order valence-corrected chi connectivity index (χ2v) is 5.38. The number of ether oxygens (including phenoxy) is 1. The van der Waals surface area contributed by atoms with Crippen LogP contribution in [0.3, 0.4) is 0 Å². The van der Waals surface area contributed by atoms with Crippen molar-refractivity contribution < 1.29 is 14.3 Å². The lowest BCUT2D eigenvalue weighted by molar-refractivity contribution is -0.119. The Morgan fingerprint density at radius 2 is 2.17 bits per heavy atom. The summed E-state index contributed by atoms with van der Waals surface area (Å²) < 4.78 is 4.77. The fourth-order valence-corrected chi connectivity index (χ4v) is 2.70. The molecule has 0 spiro atoms. The number of rotatable bonds is 4. The van der Waals surface area contributed by atoms with Gasteiger partial charge in [-0.2, -0.15) is 9.90 Å². The maximum atomic E-state index is 12.6. The van der Waals surface area contributed by atoms with Gasteiger partial charge in [0.15, 0.2) is 5.82 Å². The van der Waals surface area contributed by atoms with E-state index in [4.69, 9.17) is 4.74 Å². The largest absolute Gasteiger partial charge is 0.450 e. The molecule has 1 aliphatic heterocycles. The van der Waals surface area contributed by atoms with Crippen molar-refractivity contribution in [2.75, 3.05) is 23.4 Å². The van der Waals surface area contributed by atoms with Crippen LogP contribution in [-0.2, 0) is 22.5 Å². The van der Waals surface area contributed by atoms with Crippen LogP contribution in [0.5, 0.6) is 0 Å². The topological polar surface area (TPSA) is 89.3 Å². The van der Waals surface area contributed by atoms with Crippen LogP contribution in [0.4, 0.5) is 16.3 Å². The molecule has 0 saturated carbocycles. The first kappa shape index (κ1) is 16.0. The summed E-state index contributed by atoms with van der Waals surface area (Å²) in [6.45, 7) is 2.68. The van der Waals surface area contributed by atoms with E-state index in [1.165, 1.54) is 16.6 Å². The van der Waals surface area contributed by atoms with E-state index < -0.39 is 6.09 Å². The van der Waals surface area contributed by atoms with E-state index in [2.05, 4.69) is 15.5 Å². The number of nitrogens with one attached hydrogen (secondary N) is 1. The van der Waals surface area contributed by atoms with E-state index in [1.807, 2.05) is 24.3 Å². The van der Waals surface area contributed by atoms with Gasteiger partial charge in [-0.05, 0) is 31.4 Å². The van der Waals surface area contributed by atoms with Crippen molar-refractivity contribution in [3.63, 3.8) is 0 Å². The van der Waals surface area contributed by atoms with E-state index in [0.29, 0.717) is 6.54 Å². The average Bonchev–Trinajstić information content (AvgIpc) is 3.01. The Morgan fingerprint density at radius 1 is 1.33 bits per heavy atom. The van der Waals surface area contributed by atoms with Crippen molar-refractivity contribution in [3.05, 3.63) is 36.0 Å². The highest BCUT2D eigenvalue weighted by molar-refractivity contribution is 5.94. The molecule has 1 N–H and O–H groups in total. The lowest BCUT2D eigenvalue weighted by Crippen LogP contribution is -2.38. The molecular weight excluding hydrogens is 310 g/mol. The predicted molar refractivity (Wildman–Crippen MR) is 87.8 cm³/mol. The molecule has 2 heterocycles. The van der Waals surface area contributed by atoms with E-state index in [1.54, 1.807) is 11.8 Å². The van der Waals surface area contributed by atoms with E-state index in [-0.39, 0.29) is 24.9 Å². The van der Waals surface area contributed by atoms with Crippen molar-refractivity contribution >= 4 is 23.5 Å². The number of nitrogens with zero attached hydrogens (tertiary/aromatic N) is 4. The first-order valence-corrected chi connectivity index (χ1v) is 7.89. The molecule has 0 aliphatic carbocycles. The zero-order valence-electron chi connectivity index (χ0n) is 13.4. The molecule has 2 amide bonds. The molecule has 0 atom stereocenters. The van der Waals surface area contributed by atoms with Gasteiger partial charge in [-0.15, -0.1) is 5.10 Å². The second kappa shape index (κ2) is 7.12. The third kappa shape index (κ3) is 3.53. The maximum absolute atomic E-state index is 12.6. The van der Waals surface area contributed by atoms with Gasteiger partial charge in [0.25, 0.3) is 5.91 Å². The summed E-state index contributed by atoms with van der Waals surface area (Å²) >= 11 is 0. The van der Waals surface area contributed by atoms with Gasteiger partial charge < -0.3 is 9.64 Å². The minimum absolute atomic E-state index is 0.0127. The van der Waals surface area contributed by atoms with Crippen LogP contribution >= 0.6 is 0 Å². The number of benzene rings is 1. The molecule has 8 heteroatoms. The standard InChI is InChI=1S/C16H19N5O3/c1-2-24-16(23)18-14-10-17-21(19-14)11-15(22)20-9-5-7-12-6-3-4-8-13(12)20/h3-4,6,8,10H,2,5,7,9,11H2,1H3,(H,18,19,23). The van der Waals surface area contributed by atoms with Crippen molar-refractivity contribution in [1.29, 1.82) is 0 Å². The van der Waals surface area contributed by atoms with Crippen LogP contribution in [0.15, 0.2) is 30.5 Å². The first-order chi connectivity index (χ1) is 11.7. The number of amides is 2. The normalized spacial score (nSPS) is 13.3. The van der Waals surface area contributed by atoms with Gasteiger partial charge in [0, 0.05) is 12.2 Å². The molecule has 0 bridgehead atoms. The zero-order chi connectivity index (χ0) is 16.9. The predicted octanol–water partition coefficient (Wildman–Crippen LogP) is 1.83. The molecule has 1 aliphatic rings. The molecule has 24 heavy (non-hydrogen) atoms. The SMILES string of the molecule is CCOC(=O)Nc1cnn(CC(=O)N2CCCc3ccccc32)n1. The lowest BCUT2D eigenvalue weighted by atomic mass is 10.0. The Kier molecular flexibility index (Phi) is 4.74. The smallest absolute Gasteiger partial charge is 0.412 e. The van der Waals surface area contributed by atoms with Crippen LogP contribution < -0.4 is 10.2 Å². The minimum atomic E-state index is -0.596. The molecule has 0 radical (unpaired) electrons. The molecule has 8 nitrogen and oxygen atoms in total. The number of anilines is 2. The lowest BCUT2D eigenvalue weighted by Gasteiger charge is -2.29. The summed E-state index contributed by atoms with van der Waals surface area (Å²) in [5.74, 6) is 0.167. The van der Waals surface area contributed by atoms with Gasteiger partial charge in [-0.1, -0.05) is 18.2 Å². The van der Waals surface area contributed by atoms with Crippen LogP contribution in [0.25, 0.3) is 0 Å². The monoisotopic (exact) mass is 329 g/mol. The van der Waals surface area contributed by atoms with Crippen molar-refractivity contribution in [2.45, 2.75) is 26.3 Å². The minimum Gasteiger partial charge on any atom is -0.450 e. The highest BCUT2D eigenvalue weighted by atomic mass is 16.5. The molecule has 0 saturated heterocycles. The van der Waals surface area contributed by atoms with Crippen LogP contribution in [0.2, 0.25) is 0 Å². The molecular formula is C16H19N5O3. The van der Waals surface area contributed by atoms with E-state index in [0.717, 1.165) is 18.5 Å². The van der Waals surface area contributed by atoms with Gasteiger partial charge >= 0.3 is 6.09 Å². The van der Waals surface area contributed by atoms with Gasteiger partial charge in [0.2, 0.25) is 0 Å². The van der Waals surface area contributed by atoms with Crippen molar-refractivity contribution in [3.8, 4) is 0 Å². The summed E-state index contributed by atoms with van der Waals surface area (Å²) in [7, 11) is 0. The Morgan fingerprint density at radius 3 is 3.00 bits per heavy atom. The Bertz CT molecular complexity index is 743. The summed E-state index contributed by atoms with van der Waals surface area (Å²) in [4.78, 5) is 26.9. The van der Waals surface area contributed by atoms with Crippen LogP contribution in [0.1, 0.15) is 18.9 Å². The Balaban J connectivity index is 1.66. The third-order valence-electron chi connectivity index (χ3n) is 3.73. The molecule has 0 fully saturated rings. The quantitative estimate of drug-likeness (QED) is 0.924. The number of aryl methyl sites for hydroxylation is 1. The maximum Gasteiger partial charge on any atom is 0.412 e. The number of carbonyl (C=O) groups is 2. The van der Waals surface area contributed by atoms with E-state index in [9.17, 15) is 9.59 Å². The van der Waals surface area contributed by atoms with Crippen LogP contribution in [-0.4, -0.2) is 40.1 Å². The molecule has 0 unspecified atom stereocenters. The number of aromatic nitrogens is 3. The van der Waals surface area contributed by atoms with E-state index >= 15 is 0 Å². The fraction of sp³-hybridized carbons (Fsp3) is 0.375. The fourth-order valence-electron chi connectivity index (χ4n) is 2.70. The van der Waals surface area contributed by atoms with Crippen molar-refractivity contribution in [2.24, 2.45) is 0 Å². The molecule has 1 aromatic carbocycles. The number of hydrogen-bond donors (Lipinski definition) is 1. The summed E-state index contributed by atoms with van der Waals surface area (Å²) in [5, 5.41) is 10.5. The highest BCUT2D eigenvalue weighted by Gasteiger charge is 2.22. The molecule has 1 aromatic heterocycles. The van der Waals surface area contributed by atoms with Gasteiger partial charge in [0.05, 0.1) is 12.8 Å². The number of hydrogen-bond acceptors (Lipinski definition) is 5. The highest BCUT2D eigenvalue weighted by Crippen LogP contribution is 2.26. The molecule has 3 rings (SSSR count). The third-order valence-corrected chi connectivity index (χ3v) is 3.73. The zero-order valence-corrected chi connectivity index (χ0v) is 13.4. The number of fused-ring (bicyclic) bond motifs is 1. The molecule has 126 valence electrons. The van der Waals surface area contributed by atoms with Crippen LogP contribution in [0, 0.1) is 0 Å². The summed E-state index contributed by atoms with van der Waals surface area (Å²) in [5.41, 5.74) is 2.13. The van der Waals surface area contributed by atoms with Crippen molar-refractivity contribution in [1.82, 2.24) is 15.0 Å². The second-order valence-electron chi connectivity index (χ2n) is 5.38.